The van der Waals surface area contributed by atoms with Crippen LogP contribution in [0.3, 0.4) is 0 Å². The molecule has 0 aliphatic carbocycles. The Morgan fingerprint density at radius 2 is 1.04 bits per heavy atom. The second kappa shape index (κ2) is 17.1. The number of aryl methyl sites for hydroxylation is 1. The monoisotopic (exact) mass is 360 g/mol. The molecule has 148 valence electrons. The van der Waals surface area contributed by atoms with Gasteiger partial charge < -0.3 is 5.73 Å². The summed E-state index contributed by atoms with van der Waals surface area (Å²) in [4.78, 5) is 14.7. The molecular weight excluding hydrogens is 320 g/mol. The van der Waals surface area contributed by atoms with E-state index in [4.69, 9.17) is 5.73 Å². The molecule has 0 saturated heterocycles. The topological polar surface area (TPSA) is 56.0 Å². The Bertz CT molecular complexity index is 433. The van der Waals surface area contributed by atoms with Gasteiger partial charge in [-0.15, -0.1) is 0 Å². The zero-order valence-corrected chi connectivity index (χ0v) is 16.8. The number of unbranched alkanes of at least 4 members (excludes halogenated alkanes) is 14. The van der Waals surface area contributed by atoms with Gasteiger partial charge >= 0.3 is 0 Å². The van der Waals surface area contributed by atoms with Crippen LogP contribution in [0.15, 0.2) is 24.5 Å². The summed E-state index contributed by atoms with van der Waals surface area (Å²) in [7, 11) is 0. The van der Waals surface area contributed by atoms with E-state index >= 15 is 0 Å². The lowest BCUT2D eigenvalue weighted by molar-refractivity contribution is -0.118. The Morgan fingerprint density at radius 3 is 1.46 bits per heavy atom. The van der Waals surface area contributed by atoms with Crippen molar-refractivity contribution in [3.05, 3.63) is 30.1 Å². The third-order valence-corrected chi connectivity index (χ3v) is 5.14. The number of nitrogens with zero attached hydrogens (tertiary/aromatic N) is 1. The number of primary amides is 1. The third kappa shape index (κ3) is 14.9. The highest BCUT2D eigenvalue weighted by molar-refractivity contribution is 5.73. The van der Waals surface area contributed by atoms with Crippen LogP contribution in [-0.2, 0) is 11.2 Å². The first-order valence-electron chi connectivity index (χ1n) is 11.0. The van der Waals surface area contributed by atoms with Crippen molar-refractivity contribution < 1.29 is 4.79 Å². The average Bonchev–Trinajstić information content (AvgIpc) is 2.65. The maximum atomic E-state index is 10.6. The molecule has 0 aliphatic heterocycles. The van der Waals surface area contributed by atoms with E-state index in [-0.39, 0.29) is 5.91 Å². The molecule has 3 nitrogen and oxygen atoms in total. The van der Waals surface area contributed by atoms with Crippen molar-refractivity contribution in [2.24, 2.45) is 5.73 Å². The lowest BCUT2D eigenvalue weighted by Crippen LogP contribution is -2.09. The van der Waals surface area contributed by atoms with Gasteiger partial charge in [0.05, 0.1) is 0 Å². The number of carbonyl (C=O) groups excluding carboxylic acids is 1. The summed E-state index contributed by atoms with van der Waals surface area (Å²) in [5, 5.41) is 0. The molecule has 1 amide bonds. The van der Waals surface area contributed by atoms with Crippen molar-refractivity contribution in [2.75, 3.05) is 0 Å². The second-order valence-corrected chi connectivity index (χ2v) is 7.63. The fourth-order valence-electron chi connectivity index (χ4n) is 3.48. The normalized spacial score (nSPS) is 10.9. The van der Waals surface area contributed by atoms with Crippen molar-refractivity contribution in [1.29, 1.82) is 0 Å². The molecule has 0 saturated carbocycles. The van der Waals surface area contributed by atoms with Gasteiger partial charge in [-0.1, -0.05) is 83.5 Å². The molecule has 1 aromatic heterocycles. The molecule has 0 aliphatic rings. The smallest absolute Gasteiger partial charge is 0.217 e. The van der Waals surface area contributed by atoms with E-state index in [1.165, 1.54) is 95.5 Å². The van der Waals surface area contributed by atoms with Crippen molar-refractivity contribution in [3.63, 3.8) is 0 Å². The number of hydrogen-bond donors (Lipinski definition) is 1. The van der Waals surface area contributed by atoms with Gasteiger partial charge in [-0.2, -0.15) is 0 Å². The molecule has 0 spiro atoms. The summed E-state index contributed by atoms with van der Waals surface area (Å²) < 4.78 is 0. The lowest BCUT2D eigenvalue weighted by Gasteiger charge is -2.04. The van der Waals surface area contributed by atoms with E-state index < -0.39 is 0 Å². The summed E-state index contributed by atoms with van der Waals surface area (Å²) in [5.41, 5.74) is 6.56. The molecule has 0 fully saturated rings. The predicted molar refractivity (Wildman–Crippen MR) is 111 cm³/mol. The quantitative estimate of drug-likeness (QED) is 0.310. The number of aromatic nitrogens is 1. The van der Waals surface area contributed by atoms with Crippen LogP contribution in [0, 0.1) is 0 Å². The van der Waals surface area contributed by atoms with Crippen LogP contribution in [0.2, 0.25) is 0 Å². The van der Waals surface area contributed by atoms with Crippen LogP contribution in [0.5, 0.6) is 0 Å². The maximum absolute atomic E-state index is 10.6. The molecule has 0 bridgehead atoms. The number of pyridine rings is 1. The number of nitrogens with two attached hydrogens (primary N) is 1. The van der Waals surface area contributed by atoms with Crippen LogP contribution in [0.4, 0.5) is 0 Å². The summed E-state index contributed by atoms with van der Waals surface area (Å²) in [6.45, 7) is 0. The van der Waals surface area contributed by atoms with Crippen molar-refractivity contribution in [3.8, 4) is 0 Å². The van der Waals surface area contributed by atoms with E-state index in [9.17, 15) is 4.79 Å². The standard InChI is InChI=1S/C23H40N2O/c24-23(26)17-15-13-11-9-7-5-3-1-2-4-6-8-10-12-14-16-22-18-20-25-21-19-22/h18-21H,1-17H2,(H2,24,26). The fourth-order valence-corrected chi connectivity index (χ4v) is 3.48. The molecule has 1 rings (SSSR count). The van der Waals surface area contributed by atoms with Gasteiger partial charge in [-0.05, 0) is 37.0 Å². The van der Waals surface area contributed by atoms with Gasteiger partial charge in [-0.25, -0.2) is 0 Å². The number of carbonyl (C=O) groups is 1. The Hall–Kier alpha value is -1.38. The molecule has 1 heterocycles. The van der Waals surface area contributed by atoms with E-state index in [1.54, 1.807) is 0 Å². The summed E-state index contributed by atoms with van der Waals surface area (Å²) in [6, 6.07) is 4.26. The minimum absolute atomic E-state index is 0.157. The first kappa shape index (κ1) is 22.7. The van der Waals surface area contributed by atoms with Crippen LogP contribution >= 0.6 is 0 Å². The largest absolute Gasteiger partial charge is 0.370 e. The van der Waals surface area contributed by atoms with Gasteiger partial charge in [0.15, 0.2) is 0 Å². The van der Waals surface area contributed by atoms with Crippen molar-refractivity contribution >= 4 is 5.91 Å². The zero-order chi connectivity index (χ0) is 18.7. The van der Waals surface area contributed by atoms with Crippen molar-refractivity contribution in [2.45, 2.75) is 109 Å². The minimum Gasteiger partial charge on any atom is -0.370 e. The van der Waals surface area contributed by atoms with Crippen LogP contribution in [-0.4, -0.2) is 10.9 Å². The Balaban J connectivity index is 1.70. The summed E-state index contributed by atoms with van der Waals surface area (Å²) in [5.74, 6) is -0.157. The first-order valence-corrected chi connectivity index (χ1v) is 11.0. The molecule has 26 heavy (non-hydrogen) atoms. The van der Waals surface area contributed by atoms with Gasteiger partial charge in [0.25, 0.3) is 0 Å². The third-order valence-electron chi connectivity index (χ3n) is 5.14. The van der Waals surface area contributed by atoms with Crippen LogP contribution in [0.1, 0.15) is 108 Å². The molecular formula is C23H40N2O. The van der Waals surface area contributed by atoms with E-state index in [2.05, 4.69) is 17.1 Å². The van der Waals surface area contributed by atoms with Gasteiger partial charge in [0.1, 0.15) is 0 Å². The average molecular weight is 361 g/mol. The highest BCUT2D eigenvalue weighted by atomic mass is 16.1. The predicted octanol–water partition coefficient (Wildman–Crippen LogP) is 6.35. The summed E-state index contributed by atoms with van der Waals surface area (Å²) >= 11 is 0. The highest BCUT2D eigenvalue weighted by Gasteiger charge is 1.97. The van der Waals surface area contributed by atoms with E-state index in [0.717, 1.165) is 12.8 Å². The van der Waals surface area contributed by atoms with E-state index in [0.29, 0.717) is 6.42 Å². The SMILES string of the molecule is NC(=O)CCCCCCCCCCCCCCCCCc1ccncc1. The van der Waals surface area contributed by atoms with E-state index in [1.807, 2.05) is 12.4 Å². The second-order valence-electron chi connectivity index (χ2n) is 7.63. The molecule has 2 N–H and O–H groups in total. The first-order chi connectivity index (χ1) is 12.8. The Morgan fingerprint density at radius 1 is 0.654 bits per heavy atom. The van der Waals surface area contributed by atoms with Crippen LogP contribution < -0.4 is 5.73 Å². The highest BCUT2D eigenvalue weighted by Crippen LogP contribution is 2.14. The molecule has 0 radical (unpaired) electrons. The zero-order valence-electron chi connectivity index (χ0n) is 16.8. The fraction of sp³-hybridized carbons (Fsp3) is 0.739. The molecule has 0 aromatic carbocycles. The Labute approximate surface area is 161 Å². The Kier molecular flexibility index (Phi) is 14.9. The van der Waals surface area contributed by atoms with Gasteiger partial charge in [0, 0.05) is 18.8 Å². The molecule has 1 aromatic rings. The molecule has 3 heteroatoms. The lowest BCUT2D eigenvalue weighted by atomic mass is 10.0. The van der Waals surface area contributed by atoms with Crippen molar-refractivity contribution in [1.82, 2.24) is 4.98 Å². The number of rotatable bonds is 18. The maximum Gasteiger partial charge on any atom is 0.217 e. The number of hydrogen-bond acceptors (Lipinski definition) is 2. The number of amides is 1. The molecule has 0 atom stereocenters. The van der Waals surface area contributed by atoms with Gasteiger partial charge in [0.2, 0.25) is 5.91 Å². The van der Waals surface area contributed by atoms with Crippen LogP contribution in [0.25, 0.3) is 0 Å². The molecule has 0 unspecified atom stereocenters. The summed E-state index contributed by atoms with van der Waals surface area (Å²) in [6.07, 6.45) is 25.5. The van der Waals surface area contributed by atoms with Gasteiger partial charge in [-0.3, -0.25) is 9.78 Å². The minimum atomic E-state index is -0.157.